The Morgan fingerprint density at radius 3 is 2.55 bits per heavy atom. The number of carbonyl (C=O) groups is 1. The van der Waals surface area contributed by atoms with Gasteiger partial charge in [0.1, 0.15) is 5.82 Å². The van der Waals surface area contributed by atoms with Gasteiger partial charge in [-0.15, -0.1) is 0 Å². The van der Waals surface area contributed by atoms with Gasteiger partial charge in [-0.05, 0) is 43.0 Å². The number of rotatable bonds is 8. The molecule has 3 rings (SSSR count). The average Bonchev–Trinajstić information content (AvgIpc) is 2.72. The molecule has 0 unspecified atom stereocenters. The van der Waals surface area contributed by atoms with Crippen molar-refractivity contribution in [1.82, 2.24) is 14.8 Å². The van der Waals surface area contributed by atoms with Crippen molar-refractivity contribution in [1.29, 1.82) is 0 Å². The molecule has 2 heterocycles. The summed E-state index contributed by atoms with van der Waals surface area (Å²) >= 11 is 12.2. The van der Waals surface area contributed by atoms with Crippen LogP contribution in [0.15, 0.2) is 36.5 Å². The smallest absolute Gasteiger partial charge is 0.409 e. The van der Waals surface area contributed by atoms with E-state index in [0.717, 1.165) is 49.5 Å². The summed E-state index contributed by atoms with van der Waals surface area (Å²) < 4.78 is 5.42. The Kier molecular flexibility index (Phi) is 8.81. The zero-order valence-electron chi connectivity index (χ0n) is 18.1. The van der Waals surface area contributed by atoms with Crippen molar-refractivity contribution in [3.63, 3.8) is 0 Å². The van der Waals surface area contributed by atoms with Gasteiger partial charge in [0, 0.05) is 60.2 Å². The van der Waals surface area contributed by atoms with Gasteiger partial charge in [-0.1, -0.05) is 43.1 Å². The summed E-state index contributed by atoms with van der Waals surface area (Å²) in [6, 6.07) is 9.31. The number of piperazine rings is 1. The van der Waals surface area contributed by atoms with Crippen LogP contribution in [-0.4, -0.2) is 53.7 Å². The number of nitrogens with one attached hydrogen (secondary N) is 1. The first-order chi connectivity index (χ1) is 14.9. The molecule has 168 valence electrons. The second kappa shape index (κ2) is 11.6. The number of benzene rings is 1. The first kappa shape index (κ1) is 23.6. The van der Waals surface area contributed by atoms with E-state index in [1.54, 1.807) is 17.2 Å². The highest BCUT2D eigenvalue weighted by molar-refractivity contribution is 6.35. The van der Waals surface area contributed by atoms with Gasteiger partial charge in [0.25, 0.3) is 0 Å². The van der Waals surface area contributed by atoms with Crippen molar-refractivity contribution in [2.75, 3.05) is 38.1 Å². The maximum Gasteiger partial charge on any atom is 0.409 e. The molecule has 31 heavy (non-hydrogen) atoms. The van der Waals surface area contributed by atoms with E-state index >= 15 is 0 Å². The third-order valence-electron chi connectivity index (χ3n) is 5.19. The molecule has 1 amide bonds. The van der Waals surface area contributed by atoms with Gasteiger partial charge in [-0.2, -0.15) is 0 Å². The lowest BCUT2D eigenvalue weighted by molar-refractivity contribution is 0.0730. The molecule has 1 aliphatic heterocycles. The molecule has 8 heteroatoms. The summed E-state index contributed by atoms with van der Waals surface area (Å²) in [5.41, 5.74) is 1.87. The number of carbonyl (C=O) groups excluding carboxylic acids is 1. The van der Waals surface area contributed by atoms with Crippen LogP contribution in [0, 0.1) is 5.92 Å². The standard InChI is InChI=1S/C23H30Cl2N4O2/c1-17(2)5-4-12-31-23(30)29-10-8-28(9-11-29)16-18-6-3-7-26-22(18)27-21-14-19(24)13-20(25)15-21/h3,6-7,13-15,17H,4-5,8-12,16H2,1-2H3,(H,26,27). The second-order valence-electron chi connectivity index (χ2n) is 8.21. The van der Waals surface area contributed by atoms with Gasteiger partial charge in [0.2, 0.25) is 0 Å². The number of halogens is 2. The molecule has 6 nitrogen and oxygen atoms in total. The van der Waals surface area contributed by atoms with Crippen molar-refractivity contribution in [3.8, 4) is 0 Å². The molecule has 0 aliphatic carbocycles. The first-order valence-corrected chi connectivity index (χ1v) is 11.5. The van der Waals surface area contributed by atoms with Gasteiger partial charge in [-0.3, -0.25) is 4.90 Å². The Bertz CT molecular complexity index is 850. The number of ether oxygens (including phenoxy) is 1. The van der Waals surface area contributed by atoms with Crippen molar-refractivity contribution in [2.24, 2.45) is 5.92 Å². The molecule has 0 atom stereocenters. The van der Waals surface area contributed by atoms with Gasteiger partial charge in [-0.25, -0.2) is 9.78 Å². The molecule has 1 fully saturated rings. The fourth-order valence-electron chi connectivity index (χ4n) is 3.51. The van der Waals surface area contributed by atoms with E-state index in [1.807, 2.05) is 18.2 Å². The predicted molar refractivity (Wildman–Crippen MR) is 126 cm³/mol. The Balaban J connectivity index is 1.51. The number of aromatic nitrogens is 1. The predicted octanol–water partition coefficient (Wildman–Crippen LogP) is 5.82. The van der Waals surface area contributed by atoms with Crippen LogP contribution in [0.4, 0.5) is 16.3 Å². The molecule has 1 saturated heterocycles. The Labute approximate surface area is 194 Å². The lowest BCUT2D eigenvalue weighted by atomic mass is 10.1. The van der Waals surface area contributed by atoms with Crippen LogP contribution in [-0.2, 0) is 11.3 Å². The van der Waals surface area contributed by atoms with E-state index in [1.165, 1.54) is 0 Å². The summed E-state index contributed by atoms with van der Waals surface area (Å²) in [4.78, 5) is 20.9. The third kappa shape index (κ3) is 7.56. The zero-order chi connectivity index (χ0) is 22.2. The van der Waals surface area contributed by atoms with Crippen LogP contribution >= 0.6 is 23.2 Å². The fraction of sp³-hybridized carbons (Fsp3) is 0.478. The van der Waals surface area contributed by atoms with E-state index in [-0.39, 0.29) is 6.09 Å². The molecule has 1 aliphatic rings. The van der Waals surface area contributed by atoms with Crippen LogP contribution in [0.1, 0.15) is 32.3 Å². The molecule has 2 aromatic rings. The van der Waals surface area contributed by atoms with Crippen LogP contribution in [0.2, 0.25) is 10.0 Å². The summed E-state index contributed by atoms with van der Waals surface area (Å²) in [6.45, 7) is 8.49. The van der Waals surface area contributed by atoms with E-state index in [2.05, 4.69) is 35.1 Å². The van der Waals surface area contributed by atoms with E-state index in [4.69, 9.17) is 27.9 Å². The topological polar surface area (TPSA) is 57.7 Å². The minimum absolute atomic E-state index is 0.204. The monoisotopic (exact) mass is 464 g/mol. The van der Waals surface area contributed by atoms with Crippen LogP contribution < -0.4 is 5.32 Å². The van der Waals surface area contributed by atoms with E-state index in [0.29, 0.717) is 35.7 Å². The summed E-state index contributed by atoms with van der Waals surface area (Å²) in [5.74, 6) is 1.40. The van der Waals surface area contributed by atoms with Gasteiger partial charge in [0.15, 0.2) is 0 Å². The molecule has 0 radical (unpaired) electrons. The number of pyridine rings is 1. The van der Waals surface area contributed by atoms with Crippen molar-refractivity contribution >= 4 is 40.8 Å². The van der Waals surface area contributed by atoms with Crippen LogP contribution in [0.5, 0.6) is 0 Å². The molecular formula is C23H30Cl2N4O2. The molecule has 1 aromatic carbocycles. The second-order valence-corrected chi connectivity index (χ2v) is 9.08. The summed E-state index contributed by atoms with van der Waals surface area (Å²) in [6.07, 6.45) is 3.54. The molecule has 0 bridgehead atoms. The van der Waals surface area contributed by atoms with E-state index in [9.17, 15) is 4.79 Å². The quantitative estimate of drug-likeness (QED) is 0.498. The minimum atomic E-state index is -0.204. The average molecular weight is 465 g/mol. The lowest BCUT2D eigenvalue weighted by Crippen LogP contribution is -2.48. The molecular weight excluding hydrogens is 435 g/mol. The maximum absolute atomic E-state index is 12.3. The molecule has 0 spiro atoms. The van der Waals surface area contributed by atoms with Gasteiger partial charge in [0.05, 0.1) is 6.61 Å². The Morgan fingerprint density at radius 1 is 1.16 bits per heavy atom. The van der Waals surface area contributed by atoms with Crippen LogP contribution in [0.3, 0.4) is 0 Å². The summed E-state index contributed by atoms with van der Waals surface area (Å²) in [7, 11) is 0. The molecule has 0 saturated carbocycles. The number of hydrogen-bond donors (Lipinski definition) is 1. The van der Waals surface area contributed by atoms with Crippen molar-refractivity contribution < 1.29 is 9.53 Å². The zero-order valence-corrected chi connectivity index (χ0v) is 19.6. The SMILES string of the molecule is CC(C)CCCOC(=O)N1CCN(Cc2cccnc2Nc2cc(Cl)cc(Cl)c2)CC1. The third-order valence-corrected chi connectivity index (χ3v) is 5.63. The highest BCUT2D eigenvalue weighted by Gasteiger charge is 2.22. The first-order valence-electron chi connectivity index (χ1n) is 10.7. The highest BCUT2D eigenvalue weighted by Crippen LogP contribution is 2.26. The molecule has 1 aromatic heterocycles. The maximum atomic E-state index is 12.3. The largest absolute Gasteiger partial charge is 0.449 e. The normalized spacial score (nSPS) is 14.7. The fourth-order valence-corrected chi connectivity index (χ4v) is 4.04. The van der Waals surface area contributed by atoms with Gasteiger partial charge < -0.3 is 15.0 Å². The highest BCUT2D eigenvalue weighted by atomic mass is 35.5. The van der Waals surface area contributed by atoms with Gasteiger partial charge >= 0.3 is 6.09 Å². The van der Waals surface area contributed by atoms with Crippen molar-refractivity contribution in [2.45, 2.75) is 33.2 Å². The Hall–Kier alpha value is -2.02. The number of anilines is 2. The molecule has 1 N–H and O–H groups in total. The Morgan fingerprint density at radius 2 is 1.87 bits per heavy atom. The minimum Gasteiger partial charge on any atom is -0.449 e. The number of amides is 1. The van der Waals surface area contributed by atoms with E-state index < -0.39 is 0 Å². The summed E-state index contributed by atoms with van der Waals surface area (Å²) in [5, 5.41) is 4.45. The number of hydrogen-bond acceptors (Lipinski definition) is 5. The lowest BCUT2D eigenvalue weighted by Gasteiger charge is -2.34. The van der Waals surface area contributed by atoms with Crippen molar-refractivity contribution in [3.05, 3.63) is 52.1 Å². The number of nitrogens with zero attached hydrogens (tertiary/aromatic N) is 3. The van der Waals surface area contributed by atoms with Crippen LogP contribution in [0.25, 0.3) is 0 Å².